The van der Waals surface area contributed by atoms with Gasteiger partial charge >= 0.3 is 0 Å². The Morgan fingerprint density at radius 3 is 2.95 bits per heavy atom. The summed E-state index contributed by atoms with van der Waals surface area (Å²) in [4.78, 5) is 12.4. The molecule has 1 saturated heterocycles. The van der Waals surface area contributed by atoms with Gasteiger partial charge < -0.3 is 15.4 Å². The predicted molar refractivity (Wildman–Crippen MR) is 79.5 cm³/mol. The van der Waals surface area contributed by atoms with E-state index in [1.807, 2.05) is 26.0 Å². The lowest BCUT2D eigenvalue weighted by molar-refractivity contribution is -0.126. The Balaban J connectivity index is 1.97. The number of carbonyl (C=O) groups excluding carboxylic acids is 1. The van der Waals surface area contributed by atoms with Gasteiger partial charge in [0.2, 0.25) is 5.91 Å². The highest BCUT2D eigenvalue weighted by Gasteiger charge is 2.33. The van der Waals surface area contributed by atoms with Crippen LogP contribution in [-0.2, 0) is 9.53 Å². The molecule has 1 aliphatic heterocycles. The molecular formula is C16H24N2O2. The van der Waals surface area contributed by atoms with Gasteiger partial charge in [0, 0.05) is 6.04 Å². The summed E-state index contributed by atoms with van der Waals surface area (Å²) >= 11 is 0. The second-order valence-electron chi connectivity index (χ2n) is 5.45. The number of likely N-dealkylation sites (N-methyl/N-ethyl adjacent to an activating group) is 1. The van der Waals surface area contributed by atoms with Crippen LogP contribution in [0, 0.1) is 12.8 Å². The normalized spacial score (nSPS) is 23.6. The Morgan fingerprint density at radius 1 is 1.45 bits per heavy atom. The maximum absolute atomic E-state index is 12.4. The first-order valence-corrected chi connectivity index (χ1v) is 7.30. The summed E-state index contributed by atoms with van der Waals surface area (Å²) in [6.07, 6.45) is 0. The van der Waals surface area contributed by atoms with Crippen molar-refractivity contribution in [2.24, 2.45) is 5.92 Å². The van der Waals surface area contributed by atoms with E-state index < -0.39 is 0 Å². The Bertz CT molecular complexity index is 462. The molecule has 1 fully saturated rings. The van der Waals surface area contributed by atoms with Crippen LogP contribution in [0.25, 0.3) is 0 Å². The topological polar surface area (TPSA) is 50.4 Å². The average Bonchev–Trinajstić information content (AvgIpc) is 2.87. The Labute approximate surface area is 120 Å². The van der Waals surface area contributed by atoms with Crippen molar-refractivity contribution in [1.82, 2.24) is 10.6 Å². The molecule has 1 aromatic carbocycles. The standard InChI is InChI=1S/C16H24N2O2/c1-4-17-15-10-20-9-14(15)16(19)18-12(3)13-7-5-6-11(2)8-13/h5-8,12,14-15,17H,4,9-10H2,1-3H3,(H,18,19)/t12-,14?,15?/m1/s1. The molecule has 2 N–H and O–H groups in total. The number of benzene rings is 1. The fourth-order valence-corrected chi connectivity index (χ4v) is 2.62. The molecule has 3 atom stereocenters. The Kier molecular flexibility index (Phi) is 5.15. The largest absolute Gasteiger partial charge is 0.379 e. The van der Waals surface area contributed by atoms with E-state index in [1.54, 1.807) is 0 Å². The minimum atomic E-state index is -0.0952. The van der Waals surface area contributed by atoms with Crippen LogP contribution in [0.15, 0.2) is 24.3 Å². The van der Waals surface area contributed by atoms with E-state index in [2.05, 4.69) is 29.7 Å². The fraction of sp³-hybridized carbons (Fsp3) is 0.562. The summed E-state index contributed by atoms with van der Waals surface area (Å²) in [6.45, 7) is 8.09. The molecule has 0 spiro atoms. The molecule has 2 rings (SSSR count). The van der Waals surface area contributed by atoms with E-state index in [1.165, 1.54) is 5.56 Å². The number of ether oxygens (including phenoxy) is 1. The molecule has 0 aliphatic carbocycles. The van der Waals surface area contributed by atoms with Crippen LogP contribution in [0.4, 0.5) is 0 Å². The van der Waals surface area contributed by atoms with Gasteiger partial charge in [-0.15, -0.1) is 0 Å². The zero-order valence-electron chi connectivity index (χ0n) is 12.5. The third-order valence-corrected chi connectivity index (χ3v) is 3.78. The molecule has 4 nitrogen and oxygen atoms in total. The molecule has 2 unspecified atom stereocenters. The van der Waals surface area contributed by atoms with Gasteiger partial charge in [0.05, 0.1) is 25.2 Å². The smallest absolute Gasteiger partial charge is 0.227 e. The second kappa shape index (κ2) is 6.86. The molecule has 1 amide bonds. The maximum Gasteiger partial charge on any atom is 0.227 e. The van der Waals surface area contributed by atoms with Crippen molar-refractivity contribution in [3.8, 4) is 0 Å². The van der Waals surface area contributed by atoms with Crippen molar-refractivity contribution < 1.29 is 9.53 Å². The first-order valence-electron chi connectivity index (χ1n) is 7.30. The van der Waals surface area contributed by atoms with Crippen LogP contribution in [0.2, 0.25) is 0 Å². The molecule has 1 heterocycles. The van der Waals surface area contributed by atoms with Crippen LogP contribution in [0.5, 0.6) is 0 Å². The van der Waals surface area contributed by atoms with Crippen LogP contribution < -0.4 is 10.6 Å². The van der Waals surface area contributed by atoms with E-state index in [-0.39, 0.29) is 23.9 Å². The van der Waals surface area contributed by atoms with Crippen molar-refractivity contribution in [3.63, 3.8) is 0 Å². The van der Waals surface area contributed by atoms with Crippen molar-refractivity contribution in [2.45, 2.75) is 32.9 Å². The van der Waals surface area contributed by atoms with Gasteiger partial charge in [-0.05, 0) is 26.0 Å². The van der Waals surface area contributed by atoms with E-state index in [4.69, 9.17) is 4.74 Å². The first-order chi connectivity index (χ1) is 9.61. The lowest BCUT2D eigenvalue weighted by Gasteiger charge is -2.21. The second-order valence-corrected chi connectivity index (χ2v) is 5.45. The monoisotopic (exact) mass is 276 g/mol. The van der Waals surface area contributed by atoms with Gasteiger partial charge in [0.15, 0.2) is 0 Å². The number of nitrogens with one attached hydrogen (secondary N) is 2. The highest BCUT2D eigenvalue weighted by Crippen LogP contribution is 2.18. The van der Waals surface area contributed by atoms with Crippen LogP contribution >= 0.6 is 0 Å². The van der Waals surface area contributed by atoms with Crippen molar-refractivity contribution in [1.29, 1.82) is 0 Å². The fourth-order valence-electron chi connectivity index (χ4n) is 2.62. The van der Waals surface area contributed by atoms with Gasteiger partial charge in [0.1, 0.15) is 0 Å². The average molecular weight is 276 g/mol. The summed E-state index contributed by atoms with van der Waals surface area (Å²) in [6, 6.07) is 8.38. The zero-order chi connectivity index (χ0) is 14.5. The molecule has 110 valence electrons. The number of rotatable bonds is 5. The van der Waals surface area contributed by atoms with Crippen LogP contribution in [0.3, 0.4) is 0 Å². The predicted octanol–water partition coefficient (Wildman–Crippen LogP) is 1.80. The van der Waals surface area contributed by atoms with E-state index in [0.29, 0.717) is 13.2 Å². The van der Waals surface area contributed by atoms with Gasteiger partial charge in [-0.2, -0.15) is 0 Å². The summed E-state index contributed by atoms with van der Waals surface area (Å²) in [5, 5.41) is 6.41. The van der Waals surface area contributed by atoms with Gasteiger partial charge in [0.25, 0.3) is 0 Å². The molecule has 0 aromatic heterocycles. The van der Waals surface area contributed by atoms with Crippen LogP contribution in [0.1, 0.15) is 31.0 Å². The molecule has 1 aromatic rings. The Morgan fingerprint density at radius 2 is 2.25 bits per heavy atom. The molecule has 0 bridgehead atoms. The third-order valence-electron chi connectivity index (χ3n) is 3.78. The lowest BCUT2D eigenvalue weighted by Crippen LogP contribution is -2.44. The highest BCUT2D eigenvalue weighted by molar-refractivity contribution is 5.80. The summed E-state index contributed by atoms with van der Waals surface area (Å²) < 4.78 is 5.43. The molecule has 1 aliphatic rings. The number of hydrogen-bond acceptors (Lipinski definition) is 3. The summed E-state index contributed by atoms with van der Waals surface area (Å²) in [7, 11) is 0. The molecular weight excluding hydrogens is 252 g/mol. The number of aryl methyl sites for hydroxylation is 1. The lowest BCUT2D eigenvalue weighted by atomic mass is 10.0. The third kappa shape index (κ3) is 3.58. The van der Waals surface area contributed by atoms with E-state index in [9.17, 15) is 4.79 Å². The maximum atomic E-state index is 12.4. The minimum absolute atomic E-state index is 0.0188. The van der Waals surface area contributed by atoms with Crippen molar-refractivity contribution in [3.05, 3.63) is 35.4 Å². The SMILES string of the molecule is CCNC1COCC1C(=O)N[C@H](C)c1cccc(C)c1. The summed E-state index contributed by atoms with van der Waals surface area (Å²) in [5.74, 6) is -0.0235. The molecule has 0 saturated carbocycles. The van der Waals surface area contributed by atoms with Gasteiger partial charge in [-0.3, -0.25) is 4.79 Å². The first kappa shape index (κ1) is 15.0. The van der Waals surface area contributed by atoms with Crippen molar-refractivity contribution >= 4 is 5.91 Å². The molecule has 4 heteroatoms. The van der Waals surface area contributed by atoms with Crippen molar-refractivity contribution in [2.75, 3.05) is 19.8 Å². The quantitative estimate of drug-likeness (QED) is 0.862. The van der Waals surface area contributed by atoms with Crippen LogP contribution in [-0.4, -0.2) is 31.7 Å². The molecule has 0 radical (unpaired) electrons. The van der Waals surface area contributed by atoms with Gasteiger partial charge in [-0.25, -0.2) is 0 Å². The zero-order valence-corrected chi connectivity index (χ0v) is 12.5. The summed E-state index contributed by atoms with van der Waals surface area (Å²) in [5.41, 5.74) is 2.34. The molecule has 20 heavy (non-hydrogen) atoms. The minimum Gasteiger partial charge on any atom is -0.379 e. The van der Waals surface area contributed by atoms with Gasteiger partial charge in [-0.1, -0.05) is 36.8 Å². The Hall–Kier alpha value is -1.39. The number of hydrogen-bond donors (Lipinski definition) is 2. The highest BCUT2D eigenvalue weighted by atomic mass is 16.5. The number of carbonyl (C=O) groups is 1. The van der Waals surface area contributed by atoms with E-state index >= 15 is 0 Å². The van der Waals surface area contributed by atoms with E-state index in [0.717, 1.165) is 12.1 Å². The number of amides is 1.